The van der Waals surface area contributed by atoms with Crippen LogP contribution in [-0.4, -0.2) is 9.91 Å². The maximum Gasteiger partial charge on any atom is 0.276 e. The molecule has 0 aliphatic rings. The molecule has 20 heavy (non-hydrogen) atoms. The molecule has 0 aliphatic carbocycles. The van der Waals surface area contributed by atoms with E-state index in [4.69, 9.17) is 5.73 Å². The lowest BCUT2D eigenvalue weighted by Gasteiger charge is -2.10. The van der Waals surface area contributed by atoms with Crippen LogP contribution in [0, 0.1) is 24.0 Å². The predicted molar refractivity (Wildman–Crippen MR) is 82.2 cm³/mol. The summed E-state index contributed by atoms with van der Waals surface area (Å²) in [6.45, 7) is 3.94. The van der Waals surface area contributed by atoms with E-state index in [1.807, 2.05) is 26.0 Å². The van der Waals surface area contributed by atoms with Crippen molar-refractivity contribution in [3.05, 3.63) is 50.0 Å². The quantitative estimate of drug-likeness (QED) is 0.658. The average molecular weight is 337 g/mol. The molecule has 0 amide bonds. The molecule has 0 unspecified atom stereocenters. The third kappa shape index (κ3) is 3.05. The fourth-order valence-corrected chi connectivity index (χ4v) is 2.10. The molecule has 1 aromatic carbocycles. The van der Waals surface area contributed by atoms with Crippen molar-refractivity contribution < 1.29 is 4.92 Å². The zero-order chi connectivity index (χ0) is 14.9. The van der Waals surface area contributed by atoms with Crippen LogP contribution in [0.4, 0.5) is 23.0 Å². The Bertz CT molecular complexity index is 665. The Morgan fingerprint density at radius 1 is 1.25 bits per heavy atom. The second-order valence-electron chi connectivity index (χ2n) is 4.44. The van der Waals surface area contributed by atoms with E-state index in [1.54, 1.807) is 0 Å². The molecule has 3 N–H and O–H groups in total. The molecule has 6 nitrogen and oxygen atoms in total. The summed E-state index contributed by atoms with van der Waals surface area (Å²) >= 11 is 3.49. The molecule has 0 radical (unpaired) electrons. The van der Waals surface area contributed by atoms with Crippen molar-refractivity contribution in [1.29, 1.82) is 0 Å². The van der Waals surface area contributed by atoms with Crippen LogP contribution in [0.3, 0.4) is 0 Å². The number of pyridine rings is 1. The van der Waals surface area contributed by atoms with Gasteiger partial charge in [0.05, 0.1) is 17.1 Å². The molecular weight excluding hydrogens is 324 g/mol. The second-order valence-corrected chi connectivity index (χ2v) is 5.23. The number of rotatable bonds is 3. The first kappa shape index (κ1) is 14.3. The molecular formula is C13H13BrN4O2. The average Bonchev–Trinajstić information content (AvgIpc) is 2.35. The van der Waals surface area contributed by atoms with Gasteiger partial charge in [-0.1, -0.05) is 15.9 Å². The van der Waals surface area contributed by atoms with Crippen LogP contribution < -0.4 is 11.1 Å². The summed E-state index contributed by atoms with van der Waals surface area (Å²) in [4.78, 5) is 14.3. The fraction of sp³-hybridized carbons (Fsp3) is 0.154. The molecule has 0 saturated carbocycles. The Balaban J connectivity index is 2.37. The molecule has 1 aromatic heterocycles. The summed E-state index contributed by atoms with van der Waals surface area (Å²) in [6, 6.07) is 6.42. The van der Waals surface area contributed by atoms with E-state index < -0.39 is 4.92 Å². The molecule has 1 heterocycles. The van der Waals surface area contributed by atoms with Gasteiger partial charge < -0.3 is 11.1 Å². The van der Waals surface area contributed by atoms with Gasteiger partial charge >= 0.3 is 0 Å². The van der Waals surface area contributed by atoms with Crippen LogP contribution in [0.2, 0.25) is 0 Å². The smallest absolute Gasteiger partial charge is 0.276 e. The fourth-order valence-electron chi connectivity index (χ4n) is 1.87. The van der Waals surface area contributed by atoms with Gasteiger partial charge in [0.2, 0.25) is 0 Å². The Hall–Kier alpha value is -2.15. The highest BCUT2D eigenvalue weighted by atomic mass is 79.9. The number of nitrogens with zero attached hydrogens (tertiary/aromatic N) is 2. The van der Waals surface area contributed by atoms with E-state index in [2.05, 4.69) is 26.2 Å². The van der Waals surface area contributed by atoms with Crippen molar-refractivity contribution in [3.8, 4) is 0 Å². The van der Waals surface area contributed by atoms with Crippen LogP contribution in [-0.2, 0) is 0 Å². The molecule has 104 valence electrons. The molecule has 7 heteroatoms. The minimum absolute atomic E-state index is 0.0921. The molecule has 0 aliphatic heterocycles. The lowest BCUT2D eigenvalue weighted by Crippen LogP contribution is -2.00. The Morgan fingerprint density at radius 3 is 2.40 bits per heavy atom. The van der Waals surface area contributed by atoms with Crippen LogP contribution in [0.25, 0.3) is 0 Å². The lowest BCUT2D eigenvalue weighted by atomic mass is 10.1. The number of hydrogen-bond donors (Lipinski definition) is 2. The number of nitro groups is 1. The SMILES string of the molecule is Cc1cc(Nc2cc([N+](=O)[O-])cc(N)n2)cc(C)c1Br. The summed E-state index contributed by atoms with van der Waals surface area (Å²) in [5.74, 6) is 0.449. The van der Waals surface area contributed by atoms with E-state index in [9.17, 15) is 10.1 Å². The van der Waals surface area contributed by atoms with Crippen molar-refractivity contribution in [2.24, 2.45) is 0 Å². The standard InChI is InChI=1S/C13H13BrN4O2/c1-7-3-9(4-8(2)13(7)14)16-12-6-10(18(19)20)5-11(15)17-12/h3-6H,1-2H3,(H3,15,16,17). The van der Waals surface area contributed by atoms with Crippen molar-refractivity contribution in [1.82, 2.24) is 4.98 Å². The van der Waals surface area contributed by atoms with Crippen molar-refractivity contribution in [2.75, 3.05) is 11.1 Å². The van der Waals surface area contributed by atoms with Gasteiger partial charge in [0.25, 0.3) is 5.69 Å². The molecule has 0 atom stereocenters. The van der Waals surface area contributed by atoms with Gasteiger partial charge in [0, 0.05) is 10.2 Å². The van der Waals surface area contributed by atoms with Gasteiger partial charge in [-0.3, -0.25) is 10.1 Å². The zero-order valence-corrected chi connectivity index (χ0v) is 12.6. The van der Waals surface area contributed by atoms with Crippen LogP contribution in [0.15, 0.2) is 28.7 Å². The van der Waals surface area contributed by atoms with E-state index >= 15 is 0 Å². The topological polar surface area (TPSA) is 94.1 Å². The van der Waals surface area contributed by atoms with E-state index in [0.29, 0.717) is 5.82 Å². The second kappa shape index (κ2) is 5.46. The number of hydrogen-bond acceptors (Lipinski definition) is 5. The number of nitrogens with two attached hydrogens (primary N) is 1. The summed E-state index contributed by atoms with van der Waals surface area (Å²) < 4.78 is 1.04. The van der Waals surface area contributed by atoms with Crippen LogP contribution >= 0.6 is 15.9 Å². The third-order valence-corrected chi connectivity index (χ3v) is 4.00. The van der Waals surface area contributed by atoms with Gasteiger partial charge in [-0.05, 0) is 37.1 Å². The van der Waals surface area contributed by atoms with Crippen molar-refractivity contribution in [3.63, 3.8) is 0 Å². The molecule has 2 aromatic rings. The van der Waals surface area contributed by atoms with Gasteiger partial charge in [-0.2, -0.15) is 0 Å². The number of halogens is 1. The molecule has 0 fully saturated rings. The monoisotopic (exact) mass is 336 g/mol. The largest absolute Gasteiger partial charge is 0.383 e. The Kier molecular flexibility index (Phi) is 3.89. The van der Waals surface area contributed by atoms with E-state index in [1.165, 1.54) is 12.1 Å². The highest BCUT2D eigenvalue weighted by Crippen LogP contribution is 2.28. The minimum Gasteiger partial charge on any atom is -0.383 e. The minimum atomic E-state index is -0.499. The molecule has 0 bridgehead atoms. The van der Waals surface area contributed by atoms with Gasteiger partial charge in [-0.15, -0.1) is 0 Å². The predicted octanol–water partition coefficient (Wildman–Crippen LogP) is 3.69. The summed E-state index contributed by atoms with van der Waals surface area (Å²) in [7, 11) is 0. The highest BCUT2D eigenvalue weighted by molar-refractivity contribution is 9.10. The van der Waals surface area contributed by atoms with Crippen molar-refractivity contribution >= 4 is 38.9 Å². The third-order valence-electron chi connectivity index (χ3n) is 2.75. The highest BCUT2D eigenvalue weighted by Gasteiger charge is 2.10. The number of benzene rings is 1. The first-order valence-electron chi connectivity index (χ1n) is 5.82. The first-order valence-corrected chi connectivity index (χ1v) is 6.62. The zero-order valence-electron chi connectivity index (χ0n) is 11.0. The first-order chi connectivity index (χ1) is 9.36. The molecule has 2 rings (SSSR count). The summed E-state index contributed by atoms with van der Waals surface area (Å²) in [5.41, 5.74) is 8.40. The number of aromatic nitrogens is 1. The Labute approximate surface area is 124 Å². The summed E-state index contributed by atoms with van der Waals surface area (Å²) in [5, 5.41) is 13.8. The Morgan fingerprint density at radius 2 is 1.85 bits per heavy atom. The van der Waals surface area contributed by atoms with Crippen LogP contribution in [0.5, 0.6) is 0 Å². The van der Waals surface area contributed by atoms with Gasteiger partial charge in [-0.25, -0.2) is 4.98 Å². The van der Waals surface area contributed by atoms with Crippen LogP contribution in [0.1, 0.15) is 11.1 Å². The van der Waals surface area contributed by atoms with Gasteiger partial charge in [0.1, 0.15) is 11.6 Å². The molecule has 0 spiro atoms. The number of nitrogens with one attached hydrogen (secondary N) is 1. The number of nitrogen functional groups attached to an aromatic ring is 1. The lowest BCUT2D eigenvalue weighted by molar-refractivity contribution is -0.384. The maximum absolute atomic E-state index is 10.8. The van der Waals surface area contributed by atoms with Gasteiger partial charge in [0.15, 0.2) is 0 Å². The number of anilines is 3. The van der Waals surface area contributed by atoms with E-state index in [-0.39, 0.29) is 11.5 Å². The molecule has 0 saturated heterocycles. The summed E-state index contributed by atoms with van der Waals surface area (Å²) in [6.07, 6.45) is 0. The van der Waals surface area contributed by atoms with E-state index in [0.717, 1.165) is 21.3 Å². The number of aryl methyl sites for hydroxylation is 2. The van der Waals surface area contributed by atoms with Crippen molar-refractivity contribution in [2.45, 2.75) is 13.8 Å². The maximum atomic E-state index is 10.8. The normalized spacial score (nSPS) is 10.3.